The maximum absolute atomic E-state index is 14.3. The standard InChI is InChI=1S/C34H44N4O4/c1-5-36(6-2)25-13-15-29-31(23-25)42-32-24-26(37(7-3)8-4)14-16-30(32)34(29)28-12-10-9-11-27(28)33(41)38(34)18-17-35(19-21-39)20-22-40/h9-16,23-24,39-40H,5-8,17-22H2,1-4H3. The summed E-state index contributed by atoms with van der Waals surface area (Å²) < 4.78 is 6.76. The Morgan fingerprint density at radius 2 is 1.24 bits per heavy atom. The predicted molar refractivity (Wildman–Crippen MR) is 168 cm³/mol. The Morgan fingerprint density at radius 3 is 1.74 bits per heavy atom. The van der Waals surface area contributed by atoms with E-state index in [1.165, 1.54) is 0 Å². The highest BCUT2D eigenvalue weighted by molar-refractivity contribution is 6.02. The number of carbonyl (C=O) groups is 1. The molecule has 0 aromatic heterocycles. The van der Waals surface area contributed by atoms with Gasteiger partial charge >= 0.3 is 0 Å². The molecule has 3 aromatic carbocycles. The third-order valence-corrected chi connectivity index (χ3v) is 8.86. The molecule has 5 rings (SSSR count). The van der Waals surface area contributed by atoms with Gasteiger partial charge < -0.3 is 29.6 Å². The minimum atomic E-state index is -0.885. The molecule has 1 spiro atoms. The van der Waals surface area contributed by atoms with E-state index in [0.29, 0.717) is 31.7 Å². The summed E-state index contributed by atoms with van der Waals surface area (Å²) in [6.45, 7) is 13.9. The molecule has 2 aliphatic heterocycles. The van der Waals surface area contributed by atoms with E-state index < -0.39 is 5.54 Å². The van der Waals surface area contributed by atoms with Gasteiger partial charge in [-0.15, -0.1) is 0 Å². The predicted octanol–water partition coefficient (Wildman–Crippen LogP) is 4.52. The van der Waals surface area contributed by atoms with Gasteiger partial charge in [0, 0.05) is 92.6 Å². The van der Waals surface area contributed by atoms with Crippen molar-refractivity contribution in [2.45, 2.75) is 33.2 Å². The number of fused-ring (bicyclic) bond motifs is 6. The SMILES string of the molecule is CCN(CC)c1ccc2c(c1)Oc1cc(N(CC)CC)ccc1C21c2ccccc2C(=O)N1CCN(CCO)CCO. The second-order valence-corrected chi connectivity index (χ2v) is 10.8. The molecule has 0 fully saturated rings. The smallest absolute Gasteiger partial charge is 0.255 e. The molecular weight excluding hydrogens is 528 g/mol. The monoisotopic (exact) mass is 572 g/mol. The van der Waals surface area contributed by atoms with Crippen molar-refractivity contribution >= 4 is 17.3 Å². The number of hydrogen-bond acceptors (Lipinski definition) is 7. The molecule has 0 unspecified atom stereocenters. The molecule has 3 aromatic rings. The highest BCUT2D eigenvalue weighted by Crippen LogP contribution is 2.58. The molecule has 0 atom stereocenters. The van der Waals surface area contributed by atoms with Gasteiger partial charge in [0.2, 0.25) is 0 Å². The summed E-state index contributed by atoms with van der Waals surface area (Å²) in [7, 11) is 0. The number of anilines is 2. The molecule has 8 heteroatoms. The zero-order chi connectivity index (χ0) is 29.9. The maximum atomic E-state index is 14.3. The van der Waals surface area contributed by atoms with Gasteiger partial charge in [-0.1, -0.05) is 30.3 Å². The minimum Gasteiger partial charge on any atom is -0.456 e. The van der Waals surface area contributed by atoms with Gasteiger partial charge in [0.1, 0.15) is 17.0 Å². The summed E-state index contributed by atoms with van der Waals surface area (Å²) in [6, 6.07) is 20.7. The van der Waals surface area contributed by atoms with Crippen LogP contribution in [0.1, 0.15) is 54.7 Å². The van der Waals surface area contributed by atoms with E-state index >= 15 is 0 Å². The van der Waals surface area contributed by atoms with Crippen molar-refractivity contribution in [3.05, 3.63) is 82.9 Å². The number of rotatable bonds is 13. The van der Waals surface area contributed by atoms with Crippen molar-refractivity contribution < 1.29 is 19.7 Å². The number of amides is 1. The summed E-state index contributed by atoms with van der Waals surface area (Å²) in [6.07, 6.45) is 0. The highest BCUT2D eigenvalue weighted by atomic mass is 16.5. The van der Waals surface area contributed by atoms with Crippen molar-refractivity contribution in [1.82, 2.24) is 9.80 Å². The van der Waals surface area contributed by atoms with Crippen LogP contribution in [0.25, 0.3) is 0 Å². The summed E-state index contributed by atoms with van der Waals surface area (Å²) in [5.41, 5.74) is 4.79. The molecule has 0 saturated carbocycles. The molecule has 8 nitrogen and oxygen atoms in total. The van der Waals surface area contributed by atoms with Gasteiger partial charge in [0.25, 0.3) is 5.91 Å². The molecule has 2 heterocycles. The quantitative estimate of drug-likeness (QED) is 0.312. The van der Waals surface area contributed by atoms with Crippen LogP contribution in [0, 0.1) is 0 Å². The molecule has 1 amide bonds. The van der Waals surface area contributed by atoms with Crippen molar-refractivity contribution in [3.63, 3.8) is 0 Å². The Kier molecular flexibility index (Phi) is 9.06. The number of aliphatic hydroxyl groups is 2. The minimum absolute atomic E-state index is 0.0128. The Labute approximate surface area is 249 Å². The molecule has 0 aliphatic carbocycles. The fraction of sp³-hybridized carbons (Fsp3) is 0.441. The Hall–Kier alpha value is -3.59. The molecule has 42 heavy (non-hydrogen) atoms. The Morgan fingerprint density at radius 1 is 0.714 bits per heavy atom. The summed E-state index contributed by atoms with van der Waals surface area (Å²) in [5, 5.41) is 19.3. The Balaban J connectivity index is 1.75. The highest BCUT2D eigenvalue weighted by Gasteiger charge is 2.56. The molecule has 0 bridgehead atoms. The van der Waals surface area contributed by atoms with Crippen LogP contribution < -0.4 is 14.5 Å². The van der Waals surface area contributed by atoms with Crippen LogP contribution in [0.15, 0.2) is 60.7 Å². The van der Waals surface area contributed by atoms with Gasteiger partial charge in [0.15, 0.2) is 0 Å². The van der Waals surface area contributed by atoms with Gasteiger partial charge in [0.05, 0.1) is 13.2 Å². The van der Waals surface area contributed by atoms with E-state index in [9.17, 15) is 15.0 Å². The molecular formula is C34H44N4O4. The maximum Gasteiger partial charge on any atom is 0.255 e. The summed E-state index contributed by atoms with van der Waals surface area (Å²) >= 11 is 0. The first kappa shape index (κ1) is 29.9. The molecule has 224 valence electrons. The van der Waals surface area contributed by atoms with Crippen LogP contribution >= 0.6 is 0 Å². The van der Waals surface area contributed by atoms with E-state index in [4.69, 9.17) is 4.74 Å². The van der Waals surface area contributed by atoms with Crippen molar-refractivity contribution in [2.75, 3.05) is 75.4 Å². The molecule has 0 saturated heterocycles. The lowest BCUT2D eigenvalue weighted by Gasteiger charge is -2.45. The van der Waals surface area contributed by atoms with Gasteiger partial charge in [-0.05, 0) is 51.5 Å². The Bertz CT molecular complexity index is 1330. The van der Waals surface area contributed by atoms with Crippen molar-refractivity contribution in [3.8, 4) is 11.5 Å². The van der Waals surface area contributed by atoms with Gasteiger partial charge in [-0.2, -0.15) is 0 Å². The van der Waals surface area contributed by atoms with E-state index in [0.717, 1.165) is 65.7 Å². The van der Waals surface area contributed by atoms with Crippen LogP contribution in [-0.4, -0.2) is 91.5 Å². The first-order chi connectivity index (χ1) is 20.5. The second-order valence-electron chi connectivity index (χ2n) is 10.8. The van der Waals surface area contributed by atoms with Crippen molar-refractivity contribution in [1.29, 1.82) is 0 Å². The number of aliphatic hydroxyl groups excluding tert-OH is 2. The van der Waals surface area contributed by atoms with Crippen LogP contribution in [0.2, 0.25) is 0 Å². The fourth-order valence-electron chi connectivity index (χ4n) is 6.76. The zero-order valence-corrected chi connectivity index (χ0v) is 25.3. The average molecular weight is 573 g/mol. The normalized spacial score (nSPS) is 14.5. The van der Waals surface area contributed by atoms with E-state index in [1.54, 1.807) is 0 Å². The molecule has 0 radical (unpaired) electrons. The van der Waals surface area contributed by atoms with Crippen molar-refractivity contribution in [2.24, 2.45) is 0 Å². The van der Waals surface area contributed by atoms with E-state index in [1.807, 2.05) is 28.0 Å². The number of hydrogen-bond donors (Lipinski definition) is 2. The lowest BCUT2D eigenvalue weighted by atomic mass is 9.74. The number of benzene rings is 3. The average Bonchev–Trinajstić information content (AvgIpc) is 3.25. The van der Waals surface area contributed by atoms with Gasteiger partial charge in [-0.25, -0.2) is 0 Å². The third kappa shape index (κ3) is 4.91. The van der Waals surface area contributed by atoms with Crippen LogP contribution in [0.5, 0.6) is 11.5 Å². The molecule has 2 aliphatic rings. The first-order valence-electron chi connectivity index (χ1n) is 15.3. The van der Waals surface area contributed by atoms with E-state index in [-0.39, 0.29) is 19.1 Å². The lowest BCUT2D eigenvalue weighted by Crippen LogP contribution is -2.50. The summed E-state index contributed by atoms with van der Waals surface area (Å²) in [5.74, 6) is 1.47. The van der Waals surface area contributed by atoms with Gasteiger partial charge in [-0.3, -0.25) is 9.69 Å². The third-order valence-electron chi connectivity index (χ3n) is 8.86. The largest absolute Gasteiger partial charge is 0.456 e. The summed E-state index contributed by atoms with van der Waals surface area (Å²) in [4.78, 5) is 22.9. The van der Waals surface area contributed by atoms with Crippen LogP contribution in [-0.2, 0) is 5.54 Å². The van der Waals surface area contributed by atoms with E-state index in [2.05, 4.69) is 80.0 Å². The lowest BCUT2D eigenvalue weighted by molar-refractivity contribution is 0.0619. The second kappa shape index (κ2) is 12.7. The zero-order valence-electron chi connectivity index (χ0n) is 25.3. The number of nitrogens with zero attached hydrogens (tertiary/aromatic N) is 4. The fourth-order valence-corrected chi connectivity index (χ4v) is 6.76. The first-order valence-corrected chi connectivity index (χ1v) is 15.3. The molecule has 2 N–H and O–H groups in total. The number of carbonyl (C=O) groups excluding carboxylic acids is 1. The topological polar surface area (TPSA) is 79.7 Å². The van der Waals surface area contributed by atoms with Crippen LogP contribution in [0.4, 0.5) is 11.4 Å². The number of ether oxygens (including phenoxy) is 1. The van der Waals surface area contributed by atoms with Crippen LogP contribution in [0.3, 0.4) is 0 Å².